The molecule has 0 aliphatic carbocycles. The van der Waals surface area contributed by atoms with Gasteiger partial charge in [0, 0.05) is 24.0 Å². The fourth-order valence-electron chi connectivity index (χ4n) is 1.73. The van der Waals surface area contributed by atoms with Gasteiger partial charge >= 0.3 is 0 Å². The second-order valence-electron chi connectivity index (χ2n) is 4.99. The standard InChI is InChI=1S/C14H25N3/c1-11(2)17(4)7-5-6-16-14-9-12(3)8-13(15)10-14/h8-11,16H,5-7,15H2,1-4H3. The fraction of sp³-hybridized carbons (Fsp3) is 0.571. The SMILES string of the molecule is Cc1cc(N)cc(NCCCN(C)C(C)C)c1. The third kappa shape index (κ3) is 5.09. The predicted octanol–water partition coefficient (Wildman–Crippen LogP) is 2.72. The van der Waals surface area contributed by atoms with Gasteiger partial charge in [0.15, 0.2) is 0 Å². The zero-order valence-electron chi connectivity index (χ0n) is 11.5. The van der Waals surface area contributed by atoms with Gasteiger partial charge in [-0.2, -0.15) is 0 Å². The van der Waals surface area contributed by atoms with Crippen LogP contribution in [0.15, 0.2) is 18.2 Å². The van der Waals surface area contributed by atoms with E-state index in [1.54, 1.807) is 0 Å². The summed E-state index contributed by atoms with van der Waals surface area (Å²) >= 11 is 0. The summed E-state index contributed by atoms with van der Waals surface area (Å²) in [6, 6.07) is 6.71. The maximum Gasteiger partial charge on any atom is 0.0363 e. The Morgan fingerprint density at radius 2 is 2.00 bits per heavy atom. The smallest absolute Gasteiger partial charge is 0.0363 e. The summed E-state index contributed by atoms with van der Waals surface area (Å²) in [5, 5.41) is 3.41. The first-order chi connectivity index (χ1) is 7.99. The van der Waals surface area contributed by atoms with E-state index in [-0.39, 0.29) is 0 Å². The van der Waals surface area contributed by atoms with Gasteiger partial charge in [0.2, 0.25) is 0 Å². The molecule has 0 heterocycles. The van der Waals surface area contributed by atoms with E-state index in [1.807, 2.05) is 12.1 Å². The third-order valence-corrected chi connectivity index (χ3v) is 3.00. The lowest BCUT2D eigenvalue weighted by atomic mass is 10.2. The minimum absolute atomic E-state index is 0.615. The number of rotatable bonds is 6. The van der Waals surface area contributed by atoms with E-state index in [1.165, 1.54) is 5.56 Å². The summed E-state index contributed by atoms with van der Waals surface area (Å²) in [4.78, 5) is 2.35. The normalized spacial score (nSPS) is 11.2. The molecule has 96 valence electrons. The Kier molecular flexibility index (Phi) is 5.29. The highest BCUT2D eigenvalue weighted by atomic mass is 15.1. The highest BCUT2D eigenvalue weighted by Gasteiger charge is 2.02. The van der Waals surface area contributed by atoms with Crippen LogP contribution in [-0.2, 0) is 0 Å². The largest absolute Gasteiger partial charge is 0.399 e. The van der Waals surface area contributed by atoms with Gasteiger partial charge in [0.1, 0.15) is 0 Å². The Balaban J connectivity index is 2.31. The number of nitrogens with two attached hydrogens (primary N) is 1. The molecule has 3 nitrogen and oxygen atoms in total. The molecule has 0 unspecified atom stereocenters. The van der Waals surface area contributed by atoms with Crippen molar-refractivity contribution in [3.05, 3.63) is 23.8 Å². The Hall–Kier alpha value is -1.22. The van der Waals surface area contributed by atoms with Crippen molar-refractivity contribution >= 4 is 11.4 Å². The van der Waals surface area contributed by atoms with Crippen LogP contribution in [-0.4, -0.2) is 31.1 Å². The van der Waals surface area contributed by atoms with Crippen molar-refractivity contribution in [1.82, 2.24) is 4.90 Å². The average molecular weight is 235 g/mol. The molecule has 0 atom stereocenters. The molecule has 0 radical (unpaired) electrons. The highest BCUT2D eigenvalue weighted by Crippen LogP contribution is 2.15. The van der Waals surface area contributed by atoms with E-state index in [2.05, 4.69) is 44.1 Å². The number of nitrogens with zero attached hydrogens (tertiary/aromatic N) is 1. The first-order valence-corrected chi connectivity index (χ1v) is 6.30. The van der Waals surface area contributed by atoms with Crippen molar-refractivity contribution in [3.63, 3.8) is 0 Å². The summed E-state index contributed by atoms with van der Waals surface area (Å²) in [6.45, 7) is 8.60. The summed E-state index contributed by atoms with van der Waals surface area (Å²) in [7, 11) is 2.16. The molecule has 0 aromatic heterocycles. The average Bonchev–Trinajstić information content (AvgIpc) is 2.22. The number of hydrogen-bond donors (Lipinski definition) is 2. The monoisotopic (exact) mass is 235 g/mol. The van der Waals surface area contributed by atoms with Gasteiger partial charge in [-0.1, -0.05) is 0 Å². The van der Waals surface area contributed by atoms with E-state index in [4.69, 9.17) is 5.73 Å². The molecule has 3 heteroatoms. The maximum absolute atomic E-state index is 5.80. The van der Waals surface area contributed by atoms with Gasteiger partial charge in [-0.05, 0) is 64.5 Å². The van der Waals surface area contributed by atoms with Crippen LogP contribution >= 0.6 is 0 Å². The second-order valence-corrected chi connectivity index (χ2v) is 4.99. The van der Waals surface area contributed by atoms with Crippen molar-refractivity contribution in [1.29, 1.82) is 0 Å². The molecule has 0 bridgehead atoms. The zero-order chi connectivity index (χ0) is 12.8. The van der Waals surface area contributed by atoms with Crippen LogP contribution in [0.4, 0.5) is 11.4 Å². The molecule has 0 aliphatic rings. The van der Waals surface area contributed by atoms with Crippen LogP contribution in [0.3, 0.4) is 0 Å². The Morgan fingerprint density at radius 1 is 1.29 bits per heavy atom. The van der Waals surface area contributed by atoms with Crippen LogP contribution in [0.1, 0.15) is 25.8 Å². The lowest BCUT2D eigenvalue weighted by Gasteiger charge is -2.20. The number of benzene rings is 1. The maximum atomic E-state index is 5.80. The Labute approximate surface area is 105 Å². The van der Waals surface area contributed by atoms with Gasteiger partial charge in [0.25, 0.3) is 0 Å². The van der Waals surface area contributed by atoms with E-state index in [0.29, 0.717) is 6.04 Å². The third-order valence-electron chi connectivity index (χ3n) is 3.00. The van der Waals surface area contributed by atoms with Gasteiger partial charge in [-0.25, -0.2) is 0 Å². The van der Waals surface area contributed by atoms with Crippen LogP contribution in [0.2, 0.25) is 0 Å². The van der Waals surface area contributed by atoms with Crippen molar-refractivity contribution < 1.29 is 0 Å². The minimum Gasteiger partial charge on any atom is -0.399 e. The molecule has 1 aromatic carbocycles. The summed E-state index contributed by atoms with van der Waals surface area (Å²) in [5.74, 6) is 0. The molecule has 3 N–H and O–H groups in total. The van der Waals surface area contributed by atoms with Gasteiger partial charge < -0.3 is 16.0 Å². The van der Waals surface area contributed by atoms with Crippen LogP contribution in [0.25, 0.3) is 0 Å². The molecular formula is C14H25N3. The molecule has 1 aromatic rings. The molecule has 0 spiro atoms. The number of nitrogen functional groups attached to an aromatic ring is 1. The summed E-state index contributed by atoms with van der Waals surface area (Å²) < 4.78 is 0. The van der Waals surface area contributed by atoms with Gasteiger partial charge in [0.05, 0.1) is 0 Å². The molecule has 0 saturated heterocycles. The van der Waals surface area contributed by atoms with E-state index in [0.717, 1.165) is 30.9 Å². The van der Waals surface area contributed by atoms with Gasteiger partial charge in [-0.3, -0.25) is 0 Å². The molecule has 1 rings (SSSR count). The van der Waals surface area contributed by atoms with Crippen molar-refractivity contribution in [2.24, 2.45) is 0 Å². The molecular weight excluding hydrogens is 210 g/mol. The lowest BCUT2D eigenvalue weighted by Crippen LogP contribution is -2.28. The van der Waals surface area contributed by atoms with Crippen molar-refractivity contribution in [2.75, 3.05) is 31.2 Å². The van der Waals surface area contributed by atoms with Crippen LogP contribution in [0, 0.1) is 6.92 Å². The number of anilines is 2. The number of nitrogens with one attached hydrogen (secondary N) is 1. The van der Waals surface area contributed by atoms with Crippen molar-refractivity contribution in [3.8, 4) is 0 Å². The highest BCUT2D eigenvalue weighted by molar-refractivity contribution is 5.56. The Morgan fingerprint density at radius 3 is 2.59 bits per heavy atom. The fourth-order valence-corrected chi connectivity index (χ4v) is 1.73. The Bertz CT molecular complexity index is 327. The van der Waals surface area contributed by atoms with E-state index >= 15 is 0 Å². The molecule has 17 heavy (non-hydrogen) atoms. The quantitative estimate of drug-likeness (QED) is 0.588. The second kappa shape index (κ2) is 6.50. The molecule has 0 saturated carbocycles. The topological polar surface area (TPSA) is 41.3 Å². The number of aryl methyl sites for hydroxylation is 1. The zero-order valence-corrected chi connectivity index (χ0v) is 11.5. The first kappa shape index (κ1) is 13.8. The predicted molar refractivity (Wildman–Crippen MR) is 76.5 cm³/mol. The minimum atomic E-state index is 0.615. The molecule has 0 fully saturated rings. The summed E-state index contributed by atoms with van der Waals surface area (Å²) in [5.41, 5.74) is 8.95. The number of hydrogen-bond acceptors (Lipinski definition) is 3. The van der Waals surface area contributed by atoms with Gasteiger partial charge in [-0.15, -0.1) is 0 Å². The first-order valence-electron chi connectivity index (χ1n) is 6.30. The van der Waals surface area contributed by atoms with Crippen LogP contribution in [0.5, 0.6) is 0 Å². The van der Waals surface area contributed by atoms with Crippen molar-refractivity contribution in [2.45, 2.75) is 33.2 Å². The molecule has 0 amide bonds. The lowest BCUT2D eigenvalue weighted by molar-refractivity contribution is 0.273. The van der Waals surface area contributed by atoms with Crippen LogP contribution < -0.4 is 11.1 Å². The molecule has 0 aliphatic heterocycles. The van der Waals surface area contributed by atoms with E-state index < -0.39 is 0 Å². The van der Waals surface area contributed by atoms with E-state index in [9.17, 15) is 0 Å². The summed E-state index contributed by atoms with van der Waals surface area (Å²) in [6.07, 6.45) is 1.14.